The maximum absolute atomic E-state index is 6.00. The molecule has 3 aromatic rings. The van der Waals surface area contributed by atoms with Gasteiger partial charge in [0.1, 0.15) is 11.9 Å². The van der Waals surface area contributed by atoms with E-state index in [-0.39, 0.29) is 6.10 Å². The van der Waals surface area contributed by atoms with E-state index in [4.69, 9.17) is 4.74 Å². The molecule has 0 bridgehead atoms. The van der Waals surface area contributed by atoms with Crippen LogP contribution in [0.2, 0.25) is 0 Å². The third kappa shape index (κ3) is 2.57. The van der Waals surface area contributed by atoms with E-state index in [1.165, 1.54) is 0 Å². The van der Waals surface area contributed by atoms with Gasteiger partial charge in [-0.3, -0.25) is 4.98 Å². The molecule has 4 heterocycles. The van der Waals surface area contributed by atoms with E-state index in [1.807, 2.05) is 18.3 Å². The molecule has 0 N–H and O–H groups in total. The summed E-state index contributed by atoms with van der Waals surface area (Å²) in [5.74, 6) is 1.59. The second kappa shape index (κ2) is 5.59. The number of fused-ring (bicyclic) bond motifs is 1. The Morgan fingerprint density at radius 1 is 1.09 bits per heavy atom. The number of hydrogen-bond donors (Lipinski definition) is 0. The molecule has 0 radical (unpaired) electrons. The molecule has 1 saturated heterocycles. The number of aromatic nitrogens is 5. The summed E-state index contributed by atoms with van der Waals surface area (Å²) in [6, 6.07) is 3.72. The van der Waals surface area contributed by atoms with Crippen LogP contribution in [0.25, 0.3) is 5.65 Å². The Morgan fingerprint density at radius 2 is 2.00 bits per heavy atom. The summed E-state index contributed by atoms with van der Waals surface area (Å²) in [6.07, 6.45) is 10.9. The molecule has 0 amide bonds. The number of rotatable bonds is 3. The van der Waals surface area contributed by atoms with Gasteiger partial charge in [0.2, 0.25) is 5.88 Å². The van der Waals surface area contributed by atoms with Gasteiger partial charge < -0.3 is 9.64 Å². The van der Waals surface area contributed by atoms with E-state index in [0.717, 1.165) is 37.4 Å². The van der Waals surface area contributed by atoms with Gasteiger partial charge in [0.05, 0.1) is 12.4 Å². The molecule has 1 aliphatic heterocycles. The van der Waals surface area contributed by atoms with Crippen molar-refractivity contribution in [1.82, 2.24) is 24.6 Å². The van der Waals surface area contributed by atoms with Crippen molar-refractivity contribution in [1.29, 1.82) is 0 Å². The van der Waals surface area contributed by atoms with Gasteiger partial charge in [-0.05, 0) is 0 Å². The Bertz CT molecular complexity index is 751. The van der Waals surface area contributed by atoms with E-state index in [9.17, 15) is 0 Å². The lowest BCUT2D eigenvalue weighted by Gasteiger charge is -2.32. The fourth-order valence-corrected chi connectivity index (χ4v) is 2.69. The normalized spacial score (nSPS) is 16.1. The van der Waals surface area contributed by atoms with Crippen molar-refractivity contribution >= 4 is 11.5 Å². The molecule has 0 aromatic carbocycles. The zero-order valence-electron chi connectivity index (χ0n) is 12.0. The molecular formula is C15H16N6O. The zero-order chi connectivity index (χ0) is 14.8. The van der Waals surface area contributed by atoms with E-state index in [0.29, 0.717) is 5.88 Å². The van der Waals surface area contributed by atoms with E-state index < -0.39 is 0 Å². The van der Waals surface area contributed by atoms with Crippen LogP contribution in [0, 0.1) is 0 Å². The molecule has 0 atom stereocenters. The largest absolute Gasteiger partial charge is 0.474 e. The summed E-state index contributed by atoms with van der Waals surface area (Å²) in [5.41, 5.74) is 0.800. The quantitative estimate of drug-likeness (QED) is 0.731. The van der Waals surface area contributed by atoms with Gasteiger partial charge in [-0.25, -0.2) is 9.50 Å². The number of nitrogens with zero attached hydrogens (tertiary/aromatic N) is 6. The van der Waals surface area contributed by atoms with Crippen molar-refractivity contribution in [2.24, 2.45) is 0 Å². The van der Waals surface area contributed by atoms with Gasteiger partial charge >= 0.3 is 0 Å². The molecule has 7 heteroatoms. The molecular weight excluding hydrogens is 280 g/mol. The predicted octanol–water partition coefficient (Wildman–Crippen LogP) is 1.57. The second-order valence-corrected chi connectivity index (χ2v) is 5.27. The summed E-state index contributed by atoms with van der Waals surface area (Å²) in [7, 11) is 0. The summed E-state index contributed by atoms with van der Waals surface area (Å²) < 4.78 is 7.73. The van der Waals surface area contributed by atoms with Crippen LogP contribution in [0.4, 0.5) is 5.82 Å². The second-order valence-electron chi connectivity index (χ2n) is 5.27. The average molecular weight is 296 g/mol. The smallest absolute Gasteiger partial charge is 0.217 e. The van der Waals surface area contributed by atoms with E-state index >= 15 is 0 Å². The van der Waals surface area contributed by atoms with Crippen molar-refractivity contribution in [3.05, 3.63) is 43.1 Å². The molecule has 3 aromatic heterocycles. The summed E-state index contributed by atoms with van der Waals surface area (Å²) in [6.45, 7) is 1.83. The van der Waals surface area contributed by atoms with Crippen molar-refractivity contribution in [3.63, 3.8) is 0 Å². The molecule has 4 rings (SSSR count). The monoisotopic (exact) mass is 296 g/mol. The highest BCUT2D eigenvalue weighted by Crippen LogP contribution is 2.20. The predicted molar refractivity (Wildman–Crippen MR) is 80.9 cm³/mol. The Hall–Kier alpha value is -2.70. The molecule has 0 aliphatic carbocycles. The molecule has 1 fully saturated rings. The zero-order valence-corrected chi connectivity index (χ0v) is 12.0. The standard InChI is InChI=1S/C15H16N6O/c1-5-18-21-10-4-15(19-13(1)21)22-12-2-8-20(9-3-12)14-11-16-6-7-17-14/h1,4-7,10-12H,2-3,8-9H2. The highest BCUT2D eigenvalue weighted by Gasteiger charge is 2.22. The lowest BCUT2D eigenvalue weighted by atomic mass is 10.1. The van der Waals surface area contributed by atoms with Gasteiger partial charge in [-0.15, -0.1) is 0 Å². The third-order valence-electron chi connectivity index (χ3n) is 3.84. The van der Waals surface area contributed by atoms with Crippen LogP contribution in [0.3, 0.4) is 0 Å². The number of piperidine rings is 1. The van der Waals surface area contributed by atoms with Crippen LogP contribution < -0.4 is 9.64 Å². The SMILES string of the molecule is c1cnc(N2CCC(Oc3ccn4nccc4n3)CC2)cn1. The van der Waals surface area contributed by atoms with Gasteiger partial charge in [0, 0.05) is 56.7 Å². The van der Waals surface area contributed by atoms with E-state index in [1.54, 1.807) is 29.3 Å². The van der Waals surface area contributed by atoms with Crippen LogP contribution >= 0.6 is 0 Å². The Morgan fingerprint density at radius 3 is 2.82 bits per heavy atom. The Balaban J connectivity index is 1.39. The number of hydrogen-bond acceptors (Lipinski definition) is 6. The first-order chi connectivity index (χ1) is 10.9. The van der Waals surface area contributed by atoms with Crippen LogP contribution in [0.15, 0.2) is 43.1 Å². The average Bonchev–Trinajstić information content (AvgIpc) is 3.04. The minimum absolute atomic E-state index is 0.186. The lowest BCUT2D eigenvalue weighted by Crippen LogP contribution is -2.38. The van der Waals surface area contributed by atoms with Crippen molar-refractivity contribution < 1.29 is 4.74 Å². The van der Waals surface area contributed by atoms with Crippen LogP contribution in [-0.2, 0) is 0 Å². The van der Waals surface area contributed by atoms with Gasteiger partial charge in [-0.2, -0.15) is 10.1 Å². The highest BCUT2D eigenvalue weighted by molar-refractivity contribution is 5.38. The molecule has 112 valence electrons. The Labute approximate surface area is 127 Å². The fraction of sp³-hybridized carbons (Fsp3) is 0.333. The maximum atomic E-state index is 6.00. The van der Waals surface area contributed by atoms with Crippen molar-refractivity contribution in [2.75, 3.05) is 18.0 Å². The first-order valence-corrected chi connectivity index (χ1v) is 7.36. The molecule has 22 heavy (non-hydrogen) atoms. The molecule has 0 saturated carbocycles. The minimum atomic E-state index is 0.186. The fourth-order valence-electron chi connectivity index (χ4n) is 2.69. The third-order valence-corrected chi connectivity index (χ3v) is 3.84. The van der Waals surface area contributed by atoms with Crippen molar-refractivity contribution in [3.8, 4) is 5.88 Å². The van der Waals surface area contributed by atoms with Crippen LogP contribution in [0.5, 0.6) is 5.88 Å². The highest BCUT2D eigenvalue weighted by atomic mass is 16.5. The summed E-state index contributed by atoms with van der Waals surface area (Å²) >= 11 is 0. The lowest BCUT2D eigenvalue weighted by molar-refractivity contribution is 0.164. The maximum Gasteiger partial charge on any atom is 0.217 e. The first-order valence-electron chi connectivity index (χ1n) is 7.36. The first kappa shape index (κ1) is 13.0. The van der Waals surface area contributed by atoms with Gasteiger partial charge in [-0.1, -0.05) is 0 Å². The van der Waals surface area contributed by atoms with Crippen LogP contribution in [-0.4, -0.2) is 43.8 Å². The number of ether oxygens (including phenoxy) is 1. The molecule has 0 spiro atoms. The van der Waals surface area contributed by atoms with E-state index in [2.05, 4.69) is 25.0 Å². The minimum Gasteiger partial charge on any atom is -0.474 e. The molecule has 7 nitrogen and oxygen atoms in total. The van der Waals surface area contributed by atoms with Gasteiger partial charge in [0.25, 0.3) is 0 Å². The topological polar surface area (TPSA) is 68.4 Å². The molecule has 1 aliphatic rings. The van der Waals surface area contributed by atoms with Gasteiger partial charge in [0.15, 0.2) is 5.65 Å². The molecule has 0 unspecified atom stereocenters. The summed E-state index contributed by atoms with van der Waals surface area (Å²) in [5, 5.41) is 4.13. The number of anilines is 1. The van der Waals surface area contributed by atoms with Crippen molar-refractivity contribution in [2.45, 2.75) is 18.9 Å². The summed E-state index contributed by atoms with van der Waals surface area (Å²) in [4.78, 5) is 15.1. The van der Waals surface area contributed by atoms with Crippen LogP contribution in [0.1, 0.15) is 12.8 Å². The Kier molecular flexibility index (Phi) is 3.30.